The van der Waals surface area contributed by atoms with Crippen LogP contribution in [0.15, 0.2) is 23.2 Å². The van der Waals surface area contributed by atoms with Crippen LogP contribution < -0.4 is 42.4 Å². The number of Topliss-reactive ketones (excluding diaryl/α,β-unsaturated/α-hetero) is 3. The molecule has 0 radical (unpaired) electrons. The lowest BCUT2D eigenvalue weighted by Gasteiger charge is -2.45. The van der Waals surface area contributed by atoms with Crippen LogP contribution >= 0.6 is 0 Å². The van der Waals surface area contributed by atoms with E-state index in [1.54, 1.807) is 40.7 Å². The van der Waals surface area contributed by atoms with Crippen molar-refractivity contribution in [2.24, 2.45) is 29.4 Å². The summed E-state index contributed by atoms with van der Waals surface area (Å²) in [5.74, 6) is -13.6. The van der Waals surface area contributed by atoms with E-state index in [2.05, 4.69) is 36.9 Å². The topological polar surface area (TPSA) is 384 Å². The third kappa shape index (κ3) is 15.5. The van der Waals surface area contributed by atoms with Gasteiger partial charge in [0.25, 0.3) is 0 Å². The van der Waals surface area contributed by atoms with E-state index in [4.69, 9.17) is 15.2 Å². The molecule has 6 rings (SSSR count). The predicted octanol–water partition coefficient (Wildman–Crippen LogP) is -0.838. The van der Waals surface area contributed by atoms with Gasteiger partial charge in [0.05, 0.1) is 72.1 Å². The third-order valence-corrected chi connectivity index (χ3v) is 16.5. The van der Waals surface area contributed by atoms with Crippen LogP contribution in [0.1, 0.15) is 111 Å². The van der Waals surface area contributed by atoms with Gasteiger partial charge >= 0.3 is 6.09 Å². The number of ether oxygens (including phenoxy) is 2. The number of nitrogens with one attached hydrogen (secondary N) is 7. The van der Waals surface area contributed by atoms with Gasteiger partial charge < -0.3 is 67.4 Å². The van der Waals surface area contributed by atoms with Crippen molar-refractivity contribution in [1.82, 2.24) is 41.8 Å². The van der Waals surface area contributed by atoms with Crippen LogP contribution in [0.2, 0.25) is 0 Å². The number of aromatic amines is 1. The normalized spacial score (nSPS) is 28.2. The highest BCUT2D eigenvalue weighted by molar-refractivity contribution is 7.85. The number of H-pyrrole nitrogens is 1. The lowest BCUT2D eigenvalue weighted by molar-refractivity contribution is -0.168. The summed E-state index contributed by atoms with van der Waals surface area (Å²) in [5, 5.41) is 48.7. The molecule has 1 fully saturated rings. The molecule has 2 aromatic rings. The fraction of sp³-hybridized carbons (Fsp3) is 0.660. The van der Waals surface area contributed by atoms with E-state index in [9.17, 15) is 53.7 Å². The standard InChI is InChI=1S/C53H77N9O16S/c1-7-27(2)44-49(74)57-22-42(69)58-36-26-79(76)50-34-16-30(47(72)56-23-43(70)60-44)18-39(66)45(28(3)40(67)25-63)61-48(73)37-20-31(64)24-62(37)53(46(71)29(17-38(36)65)19-41(54)68,77-32-12-13-33(34)35(21-32)59-50)14-10-8-9-11-15-55-51(75)78-52(4,5)6/h12-13,21,27-31,36-37,40,44-45,59,63-64,67H,7-11,14-20,22-26H2,1-6H3,(H2,54,68)(H,55,75)(H,56,72)(H,57,74)(H,58,69)(H,60,70)(H,61,73)/t27-,28-,29-,30-,31?,36?,37-,40-,44-,45-,53?,79+/m0/s1. The van der Waals surface area contributed by atoms with Crippen molar-refractivity contribution in [3.8, 4) is 5.75 Å². The van der Waals surface area contributed by atoms with Gasteiger partial charge in [0, 0.05) is 68.0 Å². The van der Waals surface area contributed by atoms with Crippen LogP contribution in [0.4, 0.5) is 4.79 Å². The number of hydrogen-bond acceptors (Lipinski definition) is 17. The van der Waals surface area contributed by atoms with Gasteiger partial charge in [-0.1, -0.05) is 40.0 Å². The number of alkyl carbamates (subject to hydrolysis) is 1. The Bertz CT molecular complexity index is 2680. The zero-order valence-electron chi connectivity index (χ0n) is 45.6. The number of primary amides is 1. The number of nitrogens with zero attached hydrogens (tertiary/aromatic N) is 1. The number of ketones is 3. The first kappa shape index (κ1) is 61.9. The average molecular weight is 1130 g/mol. The summed E-state index contributed by atoms with van der Waals surface area (Å²) >= 11 is 0. The Morgan fingerprint density at radius 2 is 1.59 bits per heavy atom. The van der Waals surface area contributed by atoms with Crippen molar-refractivity contribution in [3.05, 3.63) is 23.8 Å². The van der Waals surface area contributed by atoms with Gasteiger partial charge in [-0.2, -0.15) is 0 Å². The molecular weight excluding hydrogens is 1050 g/mol. The molecule has 4 aliphatic heterocycles. The zero-order chi connectivity index (χ0) is 58.1. The van der Waals surface area contributed by atoms with Gasteiger partial charge in [-0.3, -0.25) is 47.4 Å². The first-order chi connectivity index (χ1) is 37.2. The lowest BCUT2D eigenvalue weighted by Crippen LogP contribution is -2.65. The van der Waals surface area contributed by atoms with Gasteiger partial charge in [-0.15, -0.1) is 0 Å². The van der Waals surface area contributed by atoms with Crippen molar-refractivity contribution in [2.75, 3.05) is 38.5 Å². The Morgan fingerprint density at radius 3 is 2.27 bits per heavy atom. The van der Waals surface area contributed by atoms with Crippen molar-refractivity contribution in [2.45, 2.75) is 165 Å². The Labute approximate surface area is 460 Å². The van der Waals surface area contributed by atoms with Gasteiger partial charge in [0.2, 0.25) is 41.2 Å². The molecule has 436 valence electrons. The van der Waals surface area contributed by atoms with E-state index in [1.807, 2.05) is 0 Å². The number of amides is 7. The van der Waals surface area contributed by atoms with E-state index in [-0.39, 0.29) is 54.1 Å². The quantitative estimate of drug-likeness (QED) is 0.103. The molecule has 0 aliphatic carbocycles. The minimum absolute atomic E-state index is 0.0112. The number of nitrogens with two attached hydrogens (primary N) is 1. The number of fused-ring (bicyclic) bond motifs is 7. The number of benzene rings is 1. The van der Waals surface area contributed by atoms with Crippen LogP contribution in [-0.4, -0.2) is 175 Å². The molecule has 4 aliphatic rings. The molecule has 26 heteroatoms. The summed E-state index contributed by atoms with van der Waals surface area (Å²) in [5.41, 5.74) is 3.18. The fourth-order valence-corrected chi connectivity index (χ4v) is 12.1. The number of aliphatic hydroxyl groups is 3. The number of unbranched alkanes of at least 4 members (excludes halogenated alkanes) is 3. The number of carbonyl (C=O) groups excluding carboxylic acids is 10. The second-order valence-corrected chi connectivity index (χ2v) is 23.7. The molecule has 12 atom stereocenters. The maximum Gasteiger partial charge on any atom is 0.407 e. The number of aliphatic hydroxyl groups excluding tert-OH is 3. The third-order valence-electron chi connectivity index (χ3n) is 15.1. The summed E-state index contributed by atoms with van der Waals surface area (Å²) < 4.78 is 27.3. The van der Waals surface area contributed by atoms with Gasteiger partial charge in [-0.25, -0.2) is 9.69 Å². The zero-order valence-corrected chi connectivity index (χ0v) is 46.4. The number of hydrogen-bond donors (Lipinski definition) is 11. The monoisotopic (exact) mass is 1130 g/mol. The van der Waals surface area contributed by atoms with Crippen LogP contribution in [0.3, 0.4) is 0 Å². The van der Waals surface area contributed by atoms with E-state index in [0.717, 1.165) is 0 Å². The summed E-state index contributed by atoms with van der Waals surface area (Å²) in [4.78, 5) is 147. The Kier molecular flexibility index (Phi) is 20.9. The number of aromatic nitrogens is 1. The molecule has 7 amide bonds. The van der Waals surface area contributed by atoms with Crippen molar-refractivity contribution in [1.29, 1.82) is 0 Å². The summed E-state index contributed by atoms with van der Waals surface area (Å²) in [6.07, 6.45) is -5.03. The molecule has 1 aromatic carbocycles. The predicted molar refractivity (Wildman–Crippen MR) is 284 cm³/mol. The molecule has 79 heavy (non-hydrogen) atoms. The molecule has 1 aromatic heterocycles. The molecular formula is C53H77N9O16S. The first-order valence-electron chi connectivity index (χ1n) is 27.0. The number of carbonyl (C=O) groups is 10. The molecule has 0 spiro atoms. The molecule has 5 heterocycles. The molecule has 25 nitrogen and oxygen atoms in total. The van der Waals surface area contributed by atoms with Crippen molar-refractivity contribution in [3.63, 3.8) is 0 Å². The highest BCUT2D eigenvalue weighted by Gasteiger charge is 2.57. The SMILES string of the molecule is CC[C@H](C)[C@@H]1NC(=O)CNC(=O)[C@@H]2CC(=O)[C@H]([C@@H](C)[C@@H](O)CO)NC(=O)[C@@H]3CC(O)CN3C3(CCCCCCNC(=O)OC(C)(C)C)Oc4ccc5c(c([nH]c5c4)[S@](=O)CC(NC(=O)CNC1=O)C(=O)C[C@@H](CC(N)=O)C3=O)C2. The second-order valence-electron chi connectivity index (χ2n) is 22.2. The van der Waals surface area contributed by atoms with Crippen molar-refractivity contribution >= 4 is 80.6 Å². The van der Waals surface area contributed by atoms with Crippen LogP contribution in [0.25, 0.3) is 10.9 Å². The molecule has 8 bridgehead atoms. The maximum atomic E-state index is 16.1. The number of rotatable bonds is 14. The Balaban J connectivity index is 1.60. The van der Waals surface area contributed by atoms with E-state index >= 15 is 13.8 Å². The summed E-state index contributed by atoms with van der Waals surface area (Å²) in [6, 6.07) is -1.58. The molecule has 12 N–H and O–H groups in total. The van der Waals surface area contributed by atoms with Gasteiger partial charge in [0.1, 0.15) is 22.4 Å². The highest BCUT2D eigenvalue weighted by Crippen LogP contribution is 2.41. The van der Waals surface area contributed by atoms with Crippen molar-refractivity contribution < 1.29 is 76.9 Å². The Hall–Kier alpha value is -6.35. The summed E-state index contributed by atoms with van der Waals surface area (Å²) in [7, 11) is -2.31. The minimum atomic E-state index is -2.35. The van der Waals surface area contributed by atoms with Crippen LogP contribution in [0, 0.1) is 23.7 Å². The maximum absolute atomic E-state index is 16.1. The fourth-order valence-electron chi connectivity index (χ4n) is 10.7. The Morgan fingerprint density at radius 1 is 0.911 bits per heavy atom. The van der Waals surface area contributed by atoms with Crippen LogP contribution in [-0.2, 0) is 65.1 Å². The van der Waals surface area contributed by atoms with E-state index in [1.165, 1.54) is 24.0 Å². The minimum Gasteiger partial charge on any atom is -0.465 e. The molecule has 3 unspecified atom stereocenters. The van der Waals surface area contributed by atoms with Gasteiger partial charge in [0.15, 0.2) is 17.3 Å². The van der Waals surface area contributed by atoms with E-state index < -0.39 is 192 Å². The average Bonchev–Trinajstić information content (AvgIpc) is 4.24. The lowest BCUT2D eigenvalue weighted by atomic mass is 9.82. The highest BCUT2D eigenvalue weighted by atomic mass is 32.2. The molecule has 1 saturated heterocycles. The van der Waals surface area contributed by atoms with E-state index in [0.29, 0.717) is 31.1 Å². The van der Waals surface area contributed by atoms with Gasteiger partial charge in [-0.05, 0) is 70.1 Å². The summed E-state index contributed by atoms with van der Waals surface area (Å²) in [6.45, 7) is 7.52. The molecule has 0 saturated carbocycles. The largest absolute Gasteiger partial charge is 0.465 e. The second kappa shape index (κ2) is 26.7. The van der Waals surface area contributed by atoms with Crippen LogP contribution in [0.5, 0.6) is 5.75 Å². The first-order valence-corrected chi connectivity index (χ1v) is 28.3. The smallest absolute Gasteiger partial charge is 0.407 e.